The fourth-order valence-corrected chi connectivity index (χ4v) is 4.23. The van der Waals surface area contributed by atoms with Crippen LogP contribution in [0.3, 0.4) is 0 Å². The highest BCUT2D eigenvalue weighted by Gasteiger charge is 2.28. The molecule has 0 fully saturated rings. The summed E-state index contributed by atoms with van der Waals surface area (Å²) in [4.78, 5) is 34.2. The van der Waals surface area contributed by atoms with Gasteiger partial charge in [-0.3, -0.25) is 14.5 Å². The van der Waals surface area contributed by atoms with Gasteiger partial charge >= 0.3 is 5.97 Å². The van der Waals surface area contributed by atoms with E-state index >= 15 is 0 Å². The summed E-state index contributed by atoms with van der Waals surface area (Å²) in [5.74, 6) is -2.03. The Labute approximate surface area is 169 Å². The van der Waals surface area contributed by atoms with E-state index in [1.54, 1.807) is 18.6 Å². The number of carboxylic acid groups (broad SMARTS) is 1. The Hall–Kier alpha value is -2.29. The first-order valence-electron chi connectivity index (χ1n) is 8.02. The highest BCUT2D eigenvalue weighted by molar-refractivity contribution is 7.14. The van der Waals surface area contributed by atoms with Crippen LogP contribution in [0.2, 0.25) is 5.02 Å². The zero-order chi connectivity index (χ0) is 19.4. The van der Waals surface area contributed by atoms with Crippen LogP contribution < -0.4 is 4.90 Å². The largest absolute Gasteiger partial charge is 0.481 e. The molecule has 0 aliphatic rings. The van der Waals surface area contributed by atoms with Crippen molar-refractivity contribution >= 4 is 51.3 Å². The number of aromatic nitrogens is 2. The Kier molecular flexibility index (Phi) is 6.20. The van der Waals surface area contributed by atoms with Crippen LogP contribution in [0.1, 0.15) is 12.1 Å². The molecule has 0 saturated carbocycles. The molecule has 6 nitrogen and oxygen atoms in total. The van der Waals surface area contributed by atoms with E-state index in [1.807, 2.05) is 29.0 Å². The Morgan fingerprint density at radius 1 is 1.30 bits per heavy atom. The second-order valence-corrected chi connectivity index (χ2v) is 7.83. The number of rotatable bonds is 7. The molecule has 1 unspecified atom stereocenters. The number of aliphatic carboxylic acids is 1. The molecule has 0 aliphatic heterocycles. The molecule has 1 aromatic carbocycles. The van der Waals surface area contributed by atoms with Crippen LogP contribution in [-0.2, 0) is 16.0 Å². The normalized spacial score (nSPS) is 11.9. The molecule has 0 spiro atoms. The molecular weight excluding hydrogens is 406 g/mol. The zero-order valence-electron chi connectivity index (χ0n) is 14.3. The molecule has 3 aromatic rings. The molecule has 2 aromatic heterocycles. The first-order valence-corrected chi connectivity index (χ1v) is 10.2. The van der Waals surface area contributed by atoms with E-state index < -0.39 is 11.9 Å². The lowest BCUT2D eigenvalue weighted by molar-refractivity contribution is -0.140. The van der Waals surface area contributed by atoms with E-state index in [1.165, 1.54) is 27.6 Å². The molecule has 0 aliphatic carbocycles. The standard InChI is InChI=1S/C18H16ClN3O3S2/c1-22(17(25)11(7-16(23)24)6-12-8-26-10-20-12)18-21-15(9-27-18)13-4-2-3-5-14(13)19/h2-5,8-11H,6-7H2,1H3,(H,23,24). The molecule has 1 atom stereocenters. The highest BCUT2D eigenvalue weighted by atomic mass is 35.5. The van der Waals surface area contributed by atoms with Gasteiger partial charge in [-0.05, 0) is 6.07 Å². The summed E-state index contributed by atoms with van der Waals surface area (Å²) in [5, 5.41) is 13.9. The van der Waals surface area contributed by atoms with Crippen molar-refractivity contribution in [3.05, 3.63) is 51.3 Å². The third-order valence-corrected chi connectivity index (χ3v) is 5.85. The van der Waals surface area contributed by atoms with Gasteiger partial charge < -0.3 is 5.11 Å². The third kappa shape index (κ3) is 4.71. The van der Waals surface area contributed by atoms with Gasteiger partial charge in [0, 0.05) is 34.8 Å². The molecule has 9 heteroatoms. The lowest BCUT2D eigenvalue weighted by Crippen LogP contribution is -2.35. The molecular formula is C18H16ClN3O3S2. The molecule has 2 heterocycles. The Balaban J connectivity index is 1.80. The summed E-state index contributed by atoms with van der Waals surface area (Å²) in [5.41, 5.74) is 3.84. The number of halogens is 1. The predicted octanol–water partition coefficient (Wildman–Crippen LogP) is 4.22. The smallest absolute Gasteiger partial charge is 0.304 e. The minimum Gasteiger partial charge on any atom is -0.481 e. The molecule has 1 N–H and O–H groups in total. The van der Waals surface area contributed by atoms with Crippen LogP contribution in [0.25, 0.3) is 11.3 Å². The van der Waals surface area contributed by atoms with Crippen molar-refractivity contribution < 1.29 is 14.7 Å². The van der Waals surface area contributed by atoms with Crippen molar-refractivity contribution in [2.75, 3.05) is 11.9 Å². The van der Waals surface area contributed by atoms with Gasteiger partial charge in [0.1, 0.15) is 0 Å². The van der Waals surface area contributed by atoms with Crippen LogP contribution in [-0.4, -0.2) is 34.0 Å². The minimum absolute atomic E-state index is 0.260. The van der Waals surface area contributed by atoms with Crippen molar-refractivity contribution in [3.63, 3.8) is 0 Å². The summed E-state index contributed by atoms with van der Waals surface area (Å²) in [6, 6.07) is 7.34. The van der Waals surface area contributed by atoms with Crippen LogP contribution in [0.5, 0.6) is 0 Å². The van der Waals surface area contributed by atoms with Crippen molar-refractivity contribution in [1.82, 2.24) is 9.97 Å². The monoisotopic (exact) mass is 421 g/mol. The molecule has 1 amide bonds. The molecule has 0 saturated heterocycles. The molecule has 27 heavy (non-hydrogen) atoms. The predicted molar refractivity (Wildman–Crippen MR) is 108 cm³/mol. The van der Waals surface area contributed by atoms with Crippen LogP contribution >= 0.6 is 34.3 Å². The van der Waals surface area contributed by atoms with Crippen molar-refractivity contribution in [3.8, 4) is 11.3 Å². The van der Waals surface area contributed by atoms with Gasteiger partial charge in [-0.2, -0.15) is 0 Å². The van der Waals surface area contributed by atoms with Gasteiger partial charge in [0.25, 0.3) is 0 Å². The Morgan fingerprint density at radius 2 is 2.07 bits per heavy atom. The number of benzene rings is 1. The van der Waals surface area contributed by atoms with Gasteiger partial charge in [-0.25, -0.2) is 9.97 Å². The van der Waals surface area contributed by atoms with Crippen molar-refractivity contribution in [2.45, 2.75) is 12.8 Å². The van der Waals surface area contributed by atoms with Crippen LogP contribution in [0.4, 0.5) is 5.13 Å². The number of hydrogen-bond acceptors (Lipinski definition) is 6. The zero-order valence-corrected chi connectivity index (χ0v) is 16.7. The first-order chi connectivity index (χ1) is 13.0. The topological polar surface area (TPSA) is 83.4 Å². The van der Waals surface area contributed by atoms with Crippen molar-refractivity contribution in [1.29, 1.82) is 0 Å². The van der Waals surface area contributed by atoms with Gasteiger partial charge in [-0.15, -0.1) is 22.7 Å². The second-order valence-electron chi connectivity index (χ2n) is 5.87. The number of nitrogens with zero attached hydrogens (tertiary/aromatic N) is 3. The van der Waals surface area contributed by atoms with Gasteiger partial charge in [0.15, 0.2) is 5.13 Å². The Bertz CT molecular complexity index is 943. The van der Waals surface area contributed by atoms with E-state index in [9.17, 15) is 14.7 Å². The lowest BCUT2D eigenvalue weighted by atomic mass is 9.98. The lowest BCUT2D eigenvalue weighted by Gasteiger charge is -2.20. The second kappa shape index (κ2) is 8.60. The van der Waals surface area contributed by atoms with E-state index in [-0.39, 0.29) is 18.7 Å². The number of carbonyl (C=O) groups excluding carboxylic acids is 1. The van der Waals surface area contributed by atoms with Gasteiger partial charge in [-0.1, -0.05) is 29.8 Å². The molecule has 0 radical (unpaired) electrons. The summed E-state index contributed by atoms with van der Waals surface area (Å²) >= 11 is 8.93. The minimum atomic E-state index is -1.02. The third-order valence-electron chi connectivity index (χ3n) is 3.97. The average molecular weight is 422 g/mol. The fraction of sp³-hybridized carbons (Fsp3) is 0.222. The first kappa shape index (κ1) is 19.5. The molecule has 140 valence electrons. The SMILES string of the molecule is CN(C(=O)C(CC(=O)O)Cc1cscn1)c1nc(-c2ccccc2Cl)cs1. The fourth-order valence-electron chi connectivity index (χ4n) is 2.63. The summed E-state index contributed by atoms with van der Waals surface area (Å²) in [6.07, 6.45) is 0.0190. The van der Waals surface area contributed by atoms with Crippen molar-refractivity contribution in [2.24, 2.45) is 5.92 Å². The number of carbonyl (C=O) groups is 2. The van der Waals surface area contributed by atoms with Gasteiger partial charge in [0.2, 0.25) is 5.91 Å². The van der Waals surface area contributed by atoms with E-state index in [0.29, 0.717) is 21.5 Å². The number of carboxylic acids is 1. The number of anilines is 1. The maximum absolute atomic E-state index is 12.9. The quantitative estimate of drug-likeness (QED) is 0.617. The summed E-state index contributed by atoms with van der Waals surface area (Å²) in [6.45, 7) is 0. The van der Waals surface area contributed by atoms with Crippen LogP contribution in [0, 0.1) is 5.92 Å². The maximum Gasteiger partial charge on any atom is 0.304 e. The highest BCUT2D eigenvalue weighted by Crippen LogP contribution is 2.32. The van der Waals surface area contributed by atoms with E-state index in [4.69, 9.17) is 11.6 Å². The van der Waals surface area contributed by atoms with E-state index in [0.717, 1.165) is 5.56 Å². The van der Waals surface area contributed by atoms with Gasteiger partial charge in [0.05, 0.1) is 29.2 Å². The number of hydrogen-bond donors (Lipinski definition) is 1. The van der Waals surface area contributed by atoms with E-state index in [2.05, 4.69) is 9.97 Å². The number of amides is 1. The maximum atomic E-state index is 12.9. The Morgan fingerprint density at radius 3 is 2.74 bits per heavy atom. The molecule has 3 rings (SSSR count). The number of thiazole rings is 2. The molecule has 0 bridgehead atoms. The van der Waals surface area contributed by atoms with Crippen LogP contribution in [0.15, 0.2) is 40.5 Å². The summed E-state index contributed by atoms with van der Waals surface area (Å²) < 4.78 is 0. The summed E-state index contributed by atoms with van der Waals surface area (Å²) in [7, 11) is 1.60. The average Bonchev–Trinajstić information content (AvgIpc) is 3.32.